The third kappa shape index (κ3) is 6.48. The van der Waals surface area contributed by atoms with E-state index in [1.54, 1.807) is 0 Å². The molecule has 0 unspecified atom stereocenters. The number of nitrogens with one attached hydrogen (secondary N) is 1. The predicted octanol–water partition coefficient (Wildman–Crippen LogP) is 5.46. The second-order valence-corrected chi connectivity index (χ2v) is 6.43. The quantitative estimate of drug-likeness (QED) is 0.672. The zero-order valence-corrected chi connectivity index (χ0v) is 17.0. The van der Waals surface area contributed by atoms with Gasteiger partial charge in [-0.05, 0) is 36.2 Å². The van der Waals surface area contributed by atoms with Crippen LogP contribution in [-0.2, 0) is 0 Å². The van der Waals surface area contributed by atoms with E-state index in [4.69, 9.17) is 4.74 Å². The molecule has 3 rings (SSSR count). The average molecular weight is 397 g/mol. The minimum absolute atomic E-state index is 0. The molecule has 26 heavy (non-hydrogen) atoms. The highest BCUT2D eigenvalue weighted by molar-refractivity contribution is 5.85. The minimum atomic E-state index is 0. The van der Waals surface area contributed by atoms with E-state index in [9.17, 15) is 0 Å². The molecular weight excluding hydrogens is 367 g/mol. The highest BCUT2D eigenvalue weighted by Crippen LogP contribution is 2.29. The molecule has 1 aliphatic heterocycles. The number of nitrogens with zero attached hydrogens (tertiary/aromatic N) is 1. The largest absolute Gasteiger partial charge is 0.457 e. The van der Waals surface area contributed by atoms with Crippen LogP contribution in [0.4, 0.5) is 0 Å². The molecule has 0 saturated carbocycles. The molecule has 0 aromatic heterocycles. The third-order valence-electron chi connectivity index (χ3n) is 4.67. The van der Waals surface area contributed by atoms with Gasteiger partial charge in [-0.3, -0.25) is 4.90 Å². The predicted molar refractivity (Wildman–Crippen MR) is 114 cm³/mol. The van der Waals surface area contributed by atoms with Crippen LogP contribution in [-0.4, -0.2) is 31.1 Å². The van der Waals surface area contributed by atoms with Gasteiger partial charge >= 0.3 is 0 Å². The third-order valence-corrected chi connectivity index (χ3v) is 4.67. The van der Waals surface area contributed by atoms with Gasteiger partial charge in [0.1, 0.15) is 11.5 Å². The van der Waals surface area contributed by atoms with Crippen molar-refractivity contribution in [3.05, 3.63) is 60.2 Å². The number of ether oxygens (including phenoxy) is 1. The number of hydrogen-bond donors (Lipinski definition) is 1. The van der Waals surface area contributed by atoms with Crippen molar-refractivity contribution in [2.75, 3.05) is 26.2 Å². The Balaban J connectivity index is 0.00000169. The molecule has 0 aliphatic carbocycles. The highest BCUT2D eigenvalue weighted by Gasteiger charge is 2.21. The van der Waals surface area contributed by atoms with E-state index in [2.05, 4.69) is 41.4 Å². The zero-order chi connectivity index (χ0) is 16.6. The van der Waals surface area contributed by atoms with Crippen molar-refractivity contribution in [3.8, 4) is 11.5 Å². The smallest absolute Gasteiger partial charge is 0.127 e. The Kier molecular flexibility index (Phi) is 10.7. The second kappa shape index (κ2) is 12.2. The van der Waals surface area contributed by atoms with Crippen molar-refractivity contribution in [1.29, 1.82) is 0 Å². The molecule has 1 aliphatic rings. The molecule has 2 aromatic rings. The summed E-state index contributed by atoms with van der Waals surface area (Å²) in [7, 11) is 0. The summed E-state index contributed by atoms with van der Waals surface area (Å²) in [4.78, 5) is 2.62. The van der Waals surface area contributed by atoms with Gasteiger partial charge in [0, 0.05) is 32.2 Å². The highest BCUT2D eigenvalue weighted by atomic mass is 35.5. The van der Waals surface area contributed by atoms with E-state index >= 15 is 0 Å². The van der Waals surface area contributed by atoms with Crippen molar-refractivity contribution in [1.82, 2.24) is 10.2 Å². The summed E-state index contributed by atoms with van der Waals surface area (Å²) in [5.74, 6) is 1.79. The topological polar surface area (TPSA) is 24.5 Å². The Bertz CT molecular complexity index is 601. The molecule has 3 nitrogen and oxygen atoms in total. The average Bonchev–Trinajstić information content (AvgIpc) is 2.65. The van der Waals surface area contributed by atoms with Crippen molar-refractivity contribution in [2.24, 2.45) is 0 Å². The maximum absolute atomic E-state index is 5.92. The molecule has 0 bridgehead atoms. The molecular formula is C21H30Cl2N2O. The van der Waals surface area contributed by atoms with Crippen molar-refractivity contribution in [3.63, 3.8) is 0 Å². The number of para-hydroxylation sites is 1. The van der Waals surface area contributed by atoms with Crippen LogP contribution in [0.15, 0.2) is 54.6 Å². The number of benzene rings is 2. The molecule has 0 spiro atoms. The normalized spacial score (nSPS) is 15.4. The molecule has 0 amide bonds. The minimum Gasteiger partial charge on any atom is -0.457 e. The monoisotopic (exact) mass is 396 g/mol. The standard InChI is InChI=1S/C21H28N2O.2ClH/c1-2-3-9-21(23-16-14-22-15-17-23)18-10-12-20(13-11-18)24-19-7-5-4-6-8-19;;/h4-8,10-13,21-22H,2-3,9,14-17H2,1H3;2*1H/t21-;;/m0../s1. The fourth-order valence-corrected chi connectivity index (χ4v) is 3.33. The SMILES string of the molecule is CCCC[C@@H](c1ccc(Oc2ccccc2)cc1)N1CCNCC1.Cl.Cl. The summed E-state index contributed by atoms with van der Waals surface area (Å²) >= 11 is 0. The Morgan fingerprint density at radius 1 is 0.923 bits per heavy atom. The van der Waals surface area contributed by atoms with Crippen LogP contribution in [0.25, 0.3) is 0 Å². The van der Waals surface area contributed by atoms with Gasteiger partial charge in [0.25, 0.3) is 0 Å². The van der Waals surface area contributed by atoms with Crippen LogP contribution in [0.1, 0.15) is 37.8 Å². The van der Waals surface area contributed by atoms with Gasteiger partial charge in [-0.15, -0.1) is 24.8 Å². The lowest BCUT2D eigenvalue weighted by Gasteiger charge is -2.35. The number of piperazine rings is 1. The summed E-state index contributed by atoms with van der Waals surface area (Å²) in [6.07, 6.45) is 3.75. The first-order valence-corrected chi connectivity index (χ1v) is 9.14. The molecule has 1 fully saturated rings. The summed E-state index contributed by atoms with van der Waals surface area (Å²) in [6, 6.07) is 19.2. The summed E-state index contributed by atoms with van der Waals surface area (Å²) < 4.78 is 5.92. The maximum atomic E-state index is 5.92. The van der Waals surface area contributed by atoms with Crippen LogP contribution in [0.5, 0.6) is 11.5 Å². The van der Waals surface area contributed by atoms with Gasteiger partial charge in [0.05, 0.1) is 0 Å². The van der Waals surface area contributed by atoms with Crippen LogP contribution >= 0.6 is 24.8 Å². The maximum Gasteiger partial charge on any atom is 0.127 e. The van der Waals surface area contributed by atoms with Crippen molar-refractivity contribution in [2.45, 2.75) is 32.2 Å². The van der Waals surface area contributed by atoms with E-state index in [0.29, 0.717) is 6.04 Å². The van der Waals surface area contributed by atoms with Crippen LogP contribution < -0.4 is 10.1 Å². The molecule has 1 heterocycles. The van der Waals surface area contributed by atoms with Gasteiger partial charge in [-0.1, -0.05) is 50.1 Å². The van der Waals surface area contributed by atoms with Gasteiger partial charge in [-0.25, -0.2) is 0 Å². The summed E-state index contributed by atoms with van der Waals surface area (Å²) in [6.45, 7) is 6.73. The van der Waals surface area contributed by atoms with E-state index < -0.39 is 0 Å². The fourth-order valence-electron chi connectivity index (χ4n) is 3.33. The zero-order valence-electron chi connectivity index (χ0n) is 15.4. The molecule has 144 valence electrons. The molecule has 0 radical (unpaired) electrons. The lowest BCUT2D eigenvalue weighted by atomic mass is 9.98. The van der Waals surface area contributed by atoms with Gasteiger partial charge in [-0.2, -0.15) is 0 Å². The number of halogens is 2. The van der Waals surface area contributed by atoms with Crippen LogP contribution in [0, 0.1) is 0 Å². The Labute approximate surface area is 169 Å². The van der Waals surface area contributed by atoms with Crippen molar-refractivity contribution < 1.29 is 4.74 Å². The van der Waals surface area contributed by atoms with Crippen molar-refractivity contribution >= 4 is 24.8 Å². The van der Waals surface area contributed by atoms with Gasteiger partial charge < -0.3 is 10.1 Å². The first kappa shape index (κ1) is 22.8. The van der Waals surface area contributed by atoms with Gasteiger partial charge in [0.2, 0.25) is 0 Å². The lowest BCUT2D eigenvalue weighted by molar-refractivity contribution is 0.163. The molecule has 5 heteroatoms. The summed E-state index contributed by atoms with van der Waals surface area (Å²) in [5, 5.41) is 3.45. The molecule has 1 saturated heterocycles. The van der Waals surface area contributed by atoms with Crippen LogP contribution in [0.3, 0.4) is 0 Å². The van der Waals surface area contributed by atoms with E-state index in [0.717, 1.165) is 37.7 Å². The lowest BCUT2D eigenvalue weighted by Crippen LogP contribution is -2.45. The Morgan fingerprint density at radius 2 is 1.54 bits per heavy atom. The van der Waals surface area contributed by atoms with Gasteiger partial charge in [0.15, 0.2) is 0 Å². The number of rotatable bonds is 7. The Morgan fingerprint density at radius 3 is 2.15 bits per heavy atom. The van der Waals surface area contributed by atoms with E-state index in [1.165, 1.54) is 24.8 Å². The van der Waals surface area contributed by atoms with E-state index in [1.807, 2.05) is 30.3 Å². The molecule has 1 atom stereocenters. The first-order valence-electron chi connectivity index (χ1n) is 9.14. The number of unbranched alkanes of at least 4 members (excludes halogenated alkanes) is 1. The Hall–Kier alpha value is -1.26. The second-order valence-electron chi connectivity index (χ2n) is 6.43. The number of hydrogen-bond acceptors (Lipinski definition) is 3. The van der Waals surface area contributed by atoms with E-state index in [-0.39, 0.29) is 24.8 Å². The van der Waals surface area contributed by atoms with Crippen LogP contribution in [0.2, 0.25) is 0 Å². The molecule has 2 aromatic carbocycles. The summed E-state index contributed by atoms with van der Waals surface area (Å²) in [5.41, 5.74) is 1.41. The fraction of sp³-hybridized carbons (Fsp3) is 0.429. The molecule has 1 N–H and O–H groups in total. The first-order chi connectivity index (χ1) is 11.9.